The van der Waals surface area contributed by atoms with Crippen molar-refractivity contribution >= 4 is 28.3 Å². The lowest BCUT2D eigenvalue weighted by Crippen LogP contribution is -2.46. The van der Waals surface area contributed by atoms with Crippen molar-refractivity contribution in [2.24, 2.45) is 0 Å². The van der Waals surface area contributed by atoms with Gasteiger partial charge in [0, 0.05) is 36.2 Å². The Bertz CT molecular complexity index is 400. The molecule has 1 aliphatic heterocycles. The van der Waals surface area contributed by atoms with Gasteiger partial charge in [0.25, 0.3) is 0 Å². The van der Waals surface area contributed by atoms with E-state index in [9.17, 15) is 5.11 Å². The first kappa shape index (κ1) is 16.7. The molecule has 1 saturated heterocycles. The molecule has 108 valence electrons. The Balaban J connectivity index is 0.00000180. The Morgan fingerprint density at radius 1 is 1.42 bits per heavy atom. The molecule has 0 aliphatic carbocycles. The molecular formula is C13H20BrClN2O2. The molecule has 0 amide bonds. The maximum Gasteiger partial charge on any atom is 0.124 e. The number of nitrogens with zero attached hydrogens (tertiary/aromatic N) is 1. The summed E-state index contributed by atoms with van der Waals surface area (Å²) in [5.74, 6) is 0.821. The van der Waals surface area contributed by atoms with Gasteiger partial charge in [0.15, 0.2) is 0 Å². The van der Waals surface area contributed by atoms with Gasteiger partial charge in [-0.25, -0.2) is 0 Å². The van der Waals surface area contributed by atoms with Crippen LogP contribution < -0.4 is 10.1 Å². The first-order valence-electron chi connectivity index (χ1n) is 6.15. The summed E-state index contributed by atoms with van der Waals surface area (Å²) < 4.78 is 6.40. The predicted octanol–water partition coefficient (Wildman–Crippen LogP) is 1.82. The number of rotatable bonds is 4. The summed E-state index contributed by atoms with van der Waals surface area (Å²) in [7, 11) is 1.66. The van der Waals surface area contributed by atoms with Gasteiger partial charge in [0.05, 0.1) is 19.8 Å². The topological polar surface area (TPSA) is 44.7 Å². The standard InChI is InChI=1S/C13H19BrN2O2.ClH/c1-18-13-8-10(14)2-3-11(13)12(9-17)16-6-4-15-5-7-16;/h2-3,8,12,15,17H,4-7,9H2,1H3;1H/t12-;/m1./s1. The van der Waals surface area contributed by atoms with Crippen LogP contribution in [0, 0.1) is 0 Å². The first-order chi connectivity index (χ1) is 8.76. The molecule has 1 fully saturated rings. The fourth-order valence-corrected chi connectivity index (χ4v) is 2.70. The highest BCUT2D eigenvalue weighted by molar-refractivity contribution is 9.10. The van der Waals surface area contributed by atoms with Crippen LogP contribution in [0.15, 0.2) is 22.7 Å². The van der Waals surface area contributed by atoms with Crippen LogP contribution in [-0.2, 0) is 0 Å². The van der Waals surface area contributed by atoms with Crippen molar-refractivity contribution in [3.8, 4) is 5.75 Å². The van der Waals surface area contributed by atoms with Crippen LogP contribution >= 0.6 is 28.3 Å². The van der Waals surface area contributed by atoms with E-state index in [1.54, 1.807) is 7.11 Å². The molecule has 0 radical (unpaired) electrons. The summed E-state index contributed by atoms with van der Waals surface area (Å²) in [5.41, 5.74) is 1.05. The van der Waals surface area contributed by atoms with Crippen LogP contribution in [0.3, 0.4) is 0 Å². The highest BCUT2D eigenvalue weighted by Crippen LogP contribution is 2.31. The minimum Gasteiger partial charge on any atom is -0.496 e. The molecule has 1 aromatic carbocycles. The molecule has 0 aromatic heterocycles. The maximum atomic E-state index is 9.69. The number of piperazine rings is 1. The normalized spacial score (nSPS) is 17.6. The summed E-state index contributed by atoms with van der Waals surface area (Å²) in [6, 6.07) is 5.96. The monoisotopic (exact) mass is 350 g/mol. The molecule has 1 aromatic rings. The number of aliphatic hydroxyl groups is 1. The Kier molecular flexibility index (Phi) is 7.10. The van der Waals surface area contributed by atoms with Gasteiger partial charge in [-0.2, -0.15) is 0 Å². The van der Waals surface area contributed by atoms with Gasteiger partial charge >= 0.3 is 0 Å². The Morgan fingerprint density at radius 3 is 2.68 bits per heavy atom. The highest BCUT2D eigenvalue weighted by atomic mass is 79.9. The fourth-order valence-electron chi connectivity index (χ4n) is 2.36. The average Bonchev–Trinajstić information content (AvgIpc) is 2.42. The number of aliphatic hydroxyl groups excluding tert-OH is 1. The lowest BCUT2D eigenvalue weighted by Gasteiger charge is -2.34. The quantitative estimate of drug-likeness (QED) is 0.868. The van der Waals surface area contributed by atoms with Crippen LogP contribution in [0.4, 0.5) is 0 Å². The first-order valence-corrected chi connectivity index (χ1v) is 6.94. The van der Waals surface area contributed by atoms with Crippen molar-refractivity contribution in [2.45, 2.75) is 6.04 Å². The van der Waals surface area contributed by atoms with Crippen molar-refractivity contribution in [3.05, 3.63) is 28.2 Å². The van der Waals surface area contributed by atoms with E-state index in [-0.39, 0.29) is 25.1 Å². The van der Waals surface area contributed by atoms with E-state index in [1.165, 1.54) is 0 Å². The van der Waals surface area contributed by atoms with E-state index in [0.717, 1.165) is 42.0 Å². The zero-order valence-corrected chi connectivity index (χ0v) is 13.3. The molecule has 4 nitrogen and oxygen atoms in total. The minimum absolute atomic E-state index is 0. The van der Waals surface area contributed by atoms with Crippen molar-refractivity contribution in [3.63, 3.8) is 0 Å². The van der Waals surface area contributed by atoms with Crippen molar-refractivity contribution in [1.29, 1.82) is 0 Å². The number of ether oxygens (including phenoxy) is 1. The van der Waals surface area contributed by atoms with E-state index in [0.29, 0.717) is 0 Å². The Morgan fingerprint density at radius 2 is 2.11 bits per heavy atom. The summed E-state index contributed by atoms with van der Waals surface area (Å²) in [5, 5.41) is 13.0. The molecule has 2 N–H and O–H groups in total. The second-order valence-corrected chi connectivity index (χ2v) is 5.29. The van der Waals surface area contributed by atoms with E-state index in [1.807, 2.05) is 18.2 Å². The summed E-state index contributed by atoms with van der Waals surface area (Å²) in [4.78, 5) is 2.29. The molecular weight excluding hydrogens is 332 g/mol. The van der Waals surface area contributed by atoms with Gasteiger partial charge in [0.1, 0.15) is 5.75 Å². The zero-order valence-electron chi connectivity index (χ0n) is 10.9. The van der Waals surface area contributed by atoms with Crippen LogP contribution in [0.2, 0.25) is 0 Å². The van der Waals surface area contributed by atoms with E-state index < -0.39 is 0 Å². The van der Waals surface area contributed by atoms with Crippen molar-refractivity contribution in [1.82, 2.24) is 10.2 Å². The number of halogens is 2. The summed E-state index contributed by atoms with van der Waals surface area (Å²) in [6.07, 6.45) is 0. The van der Waals surface area contributed by atoms with Crippen LogP contribution in [0.5, 0.6) is 5.75 Å². The van der Waals surface area contributed by atoms with Crippen LogP contribution in [0.25, 0.3) is 0 Å². The van der Waals surface area contributed by atoms with Gasteiger partial charge in [-0.1, -0.05) is 22.0 Å². The van der Waals surface area contributed by atoms with E-state index in [2.05, 4.69) is 26.1 Å². The third kappa shape index (κ3) is 4.07. The molecule has 0 bridgehead atoms. The average molecular weight is 352 g/mol. The largest absolute Gasteiger partial charge is 0.496 e. The molecule has 2 rings (SSSR count). The summed E-state index contributed by atoms with van der Waals surface area (Å²) in [6.45, 7) is 3.94. The zero-order chi connectivity index (χ0) is 13.0. The predicted molar refractivity (Wildman–Crippen MR) is 82.2 cm³/mol. The van der Waals surface area contributed by atoms with Crippen molar-refractivity contribution in [2.75, 3.05) is 39.9 Å². The van der Waals surface area contributed by atoms with E-state index in [4.69, 9.17) is 4.74 Å². The van der Waals surface area contributed by atoms with Crippen molar-refractivity contribution < 1.29 is 9.84 Å². The lowest BCUT2D eigenvalue weighted by molar-refractivity contribution is 0.109. The van der Waals surface area contributed by atoms with Gasteiger partial charge in [-0.15, -0.1) is 12.4 Å². The number of methoxy groups -OCH3 is 1. The SMILES string of the molecule is COc1cc(Br)ccc1[C@@H](CO)N1CCNCC1.Cl. The Labute approximate surface area is 128 Å². The maximum absolute atomic E-state index is 9.69. The second-order valence-electron chi connectivity index (χ2n) is 4.37. The van der Waals surface area contributed by atoms with Gasteiger partial charge < -0.3 is 15.2 Å². The molecule has 1 heterocycles. The van der Waals surface area contributed by atoms with Crippen LogP contribution in [0.1, 0.15) is 11.6 Å². The van der Waals surface area contributed by atoms with E-state index >= 15 is 0 Å². The second kappa shape index (κ2) is 8.07. The third-order valence-electron chi connectivity index (χ3n) is 3.32. The molecule has 0 saturated carbocycles. The van der Waals surface area contributed by atoms with Gasteiger partial charge in [-0.05, 0) is 12.1 Å². The summed E-state index contributed by atoms with van der Waals surface area (Å²) >= 11 is 3.44. The van der Waals surface area contributed by atoms with Gasteiger partial charge in [0.2, 0.25) is 0 Å². The molecule has 0 unspecified atom stereocenters. The lowest BCUT2D eigenvalue weighted by atomic mass is 10.0. The molecule has 0 spiro atoms. The molecule has 1 aliphatic rings. The van der Waals surface area contributed by atoms with Gasteiger partial charge in [-0.3, -0.25) is 4.90 Å². The number of hydrogen-bond donors (Lipinski definition) is 2. The third-order valence-corrected chi connectivity index (χ3v) is 3.81. The minimum atomic E-state index is 0. The molecule has 19 heavy (non-hydrogen) atoms. The van der Waals surface area contributed by atoms with Crippen LogP contribution in [-0.4, -0.2) is 49.9 Å². The molecule has 6 heteroatoms. The smallest absolute Gasteiger partial charge is 0.124 e. The Hall–Kier alpha value is -0.330. The fraction of sp³-hybridized carbons (Fsp3) is 0.538. The number of hydrogen-bond acceptors (Lipinski definition) is 4. The number of benzene rings is 1. The highest BCUT2D eigenvalue weighted by Gasteiger charge is 2.24. The molecule has 1 atom stereocenters. The number of nitrogens with one attached hydrogen (secondary N) is 1.